The molecule has 0 saturated carbocycles. The summed E-state index contributed by atoms with van der Waals surface area (Å²) in [5, 5.41) is 8.26. The number of likely N-dealkylation sites (N-methyl/N-ethyl adjacent to an activating group) is 1. The molecule has 4 heteroatoms. The normalized spacial score (nSPS) is 11.3. The molecule has 0 saturated heterocycles. The zero-order valence-corrected chi connectivity index (χ0v) is 5.35. The van der Waals surface area contributed by atoms with Gasteiger partial charge in [-0.15, -0.1) is 0 Å². The quantitative estimate of drug-likeness (QED) is 0.600. The average Bonchev–Trinajstić information content (AvgIpc) is 1.63. The molecule has 56 valence electrons. The van der Waals surface area contributed by atoms with Crippen LogP contribution >= 0.6 is 0 Å². The first-order valence-electron chi connectivity index (χ1n) is 2.74. The van der Waals surface area contributed by atoms with Crippen LogP contribution in [0.3, 0.4) is 0 Å². The van der Waals surface area contributed by atoms with Crippen molar-refractivity contribution >= 4 is 0 Å². The van der Waals surface area contributed by atoms with Gasteiger partial charge in [0.25, 0.3) is 6.43 Å². The van der Waals surface area contributed by atoms with Gasteiger partial charge in [0.15, 0.2) is 0 Å². The fraction of sp³-hybridized carbons (Fsp3) is 1.00. The van der Waals surface area contributed by atoms with Gasteiger partial charge < -0.3 is 5.11 Å². The van der Waals surface area contributed by atoms with Crippen molar-refractivity contribution in [2.45, 2.75) is 6.43 Å². The van der Waals surface area contributed by atoms with E-state index in [2.05, 4.69) is 0 Å². The van der Waals surface area contributed by atoms with Crippen LogP contribution in [-0.2, 0) is 0 Å². The third-order valence-corrected chi connectivity index (χ3v) is 0.931. The van der Waals surface area contributed by atoms with Crippen molar-refractivity contribution in [1.29, 1.82) is 0 Å². The Bertz CT molecular complexity index is 70.0. The number of aliphatic hydroxyl groups is 1. The summed E-state index contributed by atoms with van der Waals surface area (Å²) in [4.78, 5) is 1.38. The molecule has 0 aliphatic rings. The maximum Gasteiger partial charge on any atom is 0.251 e. The Morgan fingerprint density at radius 2 is 2.11 bits per heavy atom. The lowest BCUT2D eigenvalue weighted by Gasteiger charge is -2.12. The predicted molar refractivity (Wildman–Crippen MR) is 30.6 cm³/mol. The Morgan fingerprint density at radius 1 is 1.56 bits per heavy atom. The van der Waals surface area contributed by atoms with Gasteiger partial charge in [-0.3, -0.25) is 4.90 Å². The van der Waals surface area contributed by atoms with E-state index in [1.807, 2.05) is 0 Å². The number of hydrogen-bond acceptors (Lipinski definition) is 2. The minimum atomic E-state index is -2.30. The van der Waals surface area contributed by atoms with Gasteiger partial charge in [0.2, 0.25) is 0 Å². The van der Waals surface area contributed by atoms with Gasteiger partial charge in [-0.1, -0.05) is 0 Å². The minimum absolute atomic E-state index is 0.0663. The number of halogens is 2. The smallest absolute Gasteiger partial charge is 0.251 e. The number of nitrogens with zero attached hydrogens (tertiary/aromatic N) is 1. The molecule has 0 radical (unpaired) electrons. The van der Waals surface area contributed by atoms with Crippen LogP contribution in [0.4, 0.5) is 8.78 Å². The second kappa shape index (κ2) is 4.64. The highest BCUT2D eigenvalue weighted by Gasteiger charge is 2.05. The van der Waals surface area contributed by atoms with Gasteiger partial charge in [0.1, 0.15) is 0 Å². The molecule has 0 bridgehead atoms. The van der Waals surface area contributed by atoms with E-state index in [1.165, 1.54) is 4.90 Å². The van der Waals surface area contributed by atoms with Crippen molar-refractivity contribution in [3.05, 3.63) is 0 Å². The number of alkyl halides is 2. The first kappa shape index (κ1) is 8.78. The summed E-state index contributed by atoms with van der Waals surface area (Å²) in [5.41, 5.74) is 0. The van der Waals surface area contributed by atoms with Gasteiger partial charge in [-0.2, -0.15) is 0 Å². The Balaban J connectivity index is 3.15. The van der Waals surface area contributed by atoms with Gasteiger partial charge in [0.05, 0.1) is 13.2 Å². The molecule has 0 heterocycles. The predicted octanol–water partition coefficient (Wildman–Crippen LogP) is 0.176. The third kappa shape index (κ3) is 5.65. The maximum atomic E-state index is 11.5. The summed E-state index contributed by atoms with van der Waals surface area (Å²) in [7, 11) is 1.54. The third-order valence-electron chi connectivity index (χ3n) is 0.931. The van der Waals surface area contributed by atoms with Crippen LogP contribution in [-0.4, -0.2) is 43.2 Å². The van der Waals surface area contributed by atoms with Gasteiger partial charge in [-0.25, -0.2) is 8.78 Å². The Labute approximate surface area is 53.1 Å². The molecule has 2 nitrogen and oxygen atoms in total. The van der Waals surface area contributed by atoms with Gasteiger partial charge in [0, 0.05) is 6.54 Å². The molecule has 0 unspecified atom stereocenters. The van der Waals surface area contributed by atoms with Crippen LogP contribution < -0.4 is 0 Å². The zero-order chi connectivity index (χ0) is 7.28. The summed E-state index contributed by atoms with van der Waals surface area (Å²) >= 11 is 0. The van der Waals surface area contributed by atoms with Crippen LogP contribution in [0, 0.1) is 0 Å². The molecule has 0 aliphatic carbocycles. The van der Waals surface area contributed by atoms with E-state index in [0.717, 1.165) is 0 Å². The highest BCUT2D eigenvalue weighted by Crippen LogP contribution is 1.93. The topological polar surface area (TPSA) is 23.5 Å². The average molecular weight is 139 g/mol. The highest BCUT2D eigenvalue weighted by atomic mass is 19.3. The van der Waals surface area contributed by atoms with Crippen molar-refractivity contribution < 1.29 is 13.9 Å². The zero-order valence-electron chi connectivity index (χ0n) is 5.35. The summed E-state index contributed by atoms with van der Waals surface area (Å²) < 4.78 is 23.0. The Hall–Kier alpha value is -0.220. The molecule has 1 N–H and O–H groups in total. The van der Waals surface area contributed by atoms with Crippen LogP contribution in [0.25, 0.3) is 0 Å². The first-order chi connectivity index (χ1) is 4.16. The monoisotopic (exact) mass is 139 g/mol. The van der Waals surface area contributed by atoms with Crippen LogP contribution in [0.1, 0.15) is 0 Å². The van der Waals surface area contributed by atoms with Crippen molar-refractivity contribution in [2.24, 2.45) is 0 Å². The lowest BCUT2D eigenvalue weighted by molar-refractivity contribution is 0.0915. The number of hydrogen-bond donors (Lipinski definition) is 1. The lowest BCUT2D eigenvalue weighted by Crippen LogP contribution is -2.27. The standard InChI is InChI=1S/C5H11F2NO/c1-8(2-3-9)4-5(6)7/h5,9H,2-4H2,1H3. The summed E-state index contributed by atoms with van der Waals surface area (Å²) in [6, 6.07) is 0. The van der Waals surface area contributed by atoms with Gasteiger partial charge in [-0.05, 0) is 7.05 Å². The van der Waals surface area contributed by atoms with Crippen molar-refractivity contribution in [1.82, 2.24) is 4.90 Å². The molecular weight excluding hydrogens is 128 g/mol. The second-order valence-electron chi connectivity index (χ2n) is 1.88. The molecule has 9 heavy (non-hydrogen) atoms. The molecule has 0 amide bonds. The fourth-order valence-electron chi connectivity index (χ4n) is 0.498. The van der Waals surface area contributed by atoms with Crippen LogP contribution in [0.5, 0.6) is 0 Å². The molecule has 0 fully saturated rings. The summed E-state index contributed by atoms with van der Waals surface area (Å²) in [6.45, 7) is -0.0197. The van der Waals surface area contributed by atoms with Crippen LogP contribution in [0.2, 0.25) is 0 Å². The molecule has 0 aromatic rings. The van der Waals surface area contributed by atoms with Crippen molar-refractivity contribution in [2.75, 3.05) is 26.7 Å². The summed E-state index contributed by atoms with van der Waals surface area (Å²) in [5.74, 6) is 0. The SMILES string of the molecule is CN(CCO)CC(F)F. The Morgan fingerprint density at radius 3 is 2.44 bits per heavy atom. The van der Waals surface area contributed by atoms with E-state index in [-0.39, 0.29) is 13.2 Å². The molecular formula is C5H11F2NO. The fourth-order valence-corrected chi connectivity index (χ4v) is 0.498. The molecule has 0 atom stereocenters. The number of aliphatic hydroxyl groups excluding tert-OH is 1. The van der Waals surface area contributed by atoms with Gasteiger partial charge >= 0.3 is 0 Å². The Kier molecular flexibility index (Phi) is 4.53. The van der Waals surface area contributed by atoms with Crippen molar-refractivity contribution in [3.63, 3.8) is 0 Å². The van der Waals surface area contributed by atoms with E-state index in [9.17, 15) is 8.78 Å². The first-order valence-corrected chi connectivity index (χ1v) is 2.74. The highest BCUT2D eigenvalue weighted by molar-refractivity contribution is 4.50. The van der Waals surface area contributed by atoms with E-state index >= 15 is 0 Å². The van der Waals surface area contributed by atoms with E-state index in [1.54, 1.807) is 7.05 Å². The number of rotatable bonds is 4. The summed E-state index contributed by atoms with van der Waals surface area (Å²) in [6.07, 6.45) is -2.30. The lowest BCUT2D eigenvalue weighted by atomic mass is 10.5. The molecule has 0 rings (SSSR count). The molecule has 0 spiro atoms. The van der Waals surface area contributed by atoms with E-state index < -0.39 is 6.43 Å². The molecule has 0 aliphatic heterocycles. The van der Waals surface area contributed by atoms with Crippen LogP contribution in [0.15, 0.2) is 0 Å². The van der Waals surface area contributed by atoms with E-state index in [4.69, 9.17) is 5.11 Å². The van der Waals surface area contributed by atoms with Crippen molar-refractivity contribution in [3.8, 4) is 0 Å². The second-order valence-corrected chi connectivity index (χ2v) is 1.88. The minimum Gasteiger partial charge on any atom is -0.395 e. The maximum absolute atomic E-state index is 11.5. The van der Waals surface area contributed by atoms with E-state index in [0.29, 0.717) is 6.54 Å². The molecule has 0 aromatic carbocycles. The molecule has 0 aromatic heterocycles. The largest absolute Gasteiger partial charge is 0.395 e.